The van der Waals surface area contributed by atoms with Crippen molar-refractivity contribution in [1.82, 2.24) is 4.90 Å². The second-order valence-corrected chi connectivity index (χ2v) is 5.75. The number of halogens is 2. The molecule has 0 amide bonds. The number of alkyl halides is 1. The molecule has 0 N–H and O–H groups in total. The molecular formula is C15H25Cl2NO. The Bertz CT molecular complexity index is 384. The fourth-order valence-corrected chi connectivity index (χ4v) is 2.71. The second kappa shape index (κ2) is 7.98. The Morgan fingerprint density at radius 2 is 1.89 bits per heavy atom. The molecule has 19 heavy (non-hydrogen) atoms. The van der Waals surface area contributed by atoms with Crippen molar-refractivity contribution in [2.45, 2.75) is 25.1 Å². The number of methoxy groups -OCH3 is 1. The lowest BCUT2D eigenvalue weighted by atomic mass is 9.83. The summed E-state index contributed by atoms with van der Waals surface area (Å²) < 4.78 is 5.45. The Labute approximate surface area is 128 Å². The first kappa shape index (κ1) is 18.6. The molecule has 2 atom stereocenters. The van der Waals surface area contributed by atoms with Gasteiger partial charge in [-0.2, -0.15) is 0 Å². The van der Waals surface area contributed by atoms with Crippen LogP contribution in [0.5, 0.6) is 5.75 Å². The van der Waals surface area contributed by atoms with E-state index in [2.05, 4.69) is 38.9 Å². The first-order chi connectivity index (χ1) is 8.45. The number of hydrogen-bond donors (Lipinski definition) is 0. The van der Waals surface area contributed by atoms with E-state index in [1.807, 2.05) is 18.2 Å². The Morgan fingerprint density at radius 1 is 1.32 bits per heavy atom. The summed E-state index contributed by atoms with van der Waals surface area (Å²) in [5, 5.41) is 0. The highest BCUT2D eigenvalue weighted by Crippen LogP contribution is 2.44. The molecule has 1 aromatic rings. The number of hydrogen-bond acceptors (Lipinski definition) is 2. The molecule has 4 heteroatoms. The zero-order valence-corrected chi connectivity index (χ0v) is 14.0. The molecule has 0 aliphatic heterocycles. The molecule has 0 aromatic heterocycles. The number of nitrogens with zero attached hydrogens (tertiary/aromatic N) is 1. The van der Waals surface area contributed by atoms with Gasteiger partial charge in [0.05, 0.1) is 12.0 Å². The van der Waals surface area contributed by atoms with Crippen LogP contribution in [0.3, 0.4) is 0 Å². The van der Waals surface area contributed by atoms with E-state index in [4.69, 9.17) is 16.3 Å². The van der Waals surface area contributed by atoms with Crippen molar-refractivity contribution in [3.05, 3.63) is 29.8 Å². The summed E-state index contributed by atoms with van der Waals surface area (Å²) >= 11 is 6.92. The van der Waals surface area contributed by atoms with Gasteiger partial charge >= 0.3 is 0 Å². The maximum Gasteiger partial charge on any atom is 0.123 e. The molecule has 0 bridgehead atoms. The first-order valence-electron chi connectivity index (χ1n) is 6.42. The standard InChI is InChI=1S/C15H24ClNO.ClH/c1-6-15(16,12(2)11-17(3)4)13-9-7-8-10-14(13)18-5;/h7-10,12H,6,11H2,1-5H3;1H/t12-,15-;/m0./s1. The molecule has 0 aliphatic carbocycles. The molecule has 110 valence electrons. The van der Waals surface area contributed by atoms with Gasteiger partial charge in [-0.3, -0.25) is 0 Å². The van der Waals surface area contributed by atoms with Crippen LogP contribution in [-0.4, -0.2) is 32.6 Å². The lowest BCUT2D eigenvalue weighted by Crippen LogP contribution is -2.34. The third-order valence-electron chi connectivity index (χ3n) is 3.49. The SMILES string of the molecule is CC[C@@](Cl)(c1ccccc1OC)[C@@H](C)CN(C)C.Cl. The molecule has 0 heterocycles. The molecule has 0 saturated carbocycles. The molecule has 0 fully saturated rings. The average molecular weight is 306 g/mol. The van der Waals surface area contributed by atoms with Gasteiger partial charge in [0.1, 0.15) is 5.75 Å². The third kappa shape index (κ3) is 4.27. The van der Waals surface area contributed by atoms with Crippen molar-refractivity contribution in [3.8, 4) is 5.75 Å². The molecule has 0 aliphatic rings. The van der Waals surface area contributed by atoms with Crippen LogP contribution in [0.4, 0.5) is 0 Å². The highest BCUT2D eigenvalue weighted by molar-refractivity contribution is 6.24. The topological polar surface area (TPSA) is 12.5 Å². The Balaban J connectivity index is 0.00000324. The minimum absolute atomic E-state index is 0. The van der Waals surface area contributed by atoms with E-state index >= 15 is 0 Å². The zero-order chi connectivity index (χ0) is 13.8. The van der Waals surface area contributed by atoms with Crippen molar-refractivity contribution in [1.29, 1.82) is 0 Å². The van der Waals surface area contributed by atoms with Gasteiger partial charge in [-0.25, -0.2) is 0 Å². The Kier molecular flexibility index (Phi) is 7.80. The van der Waals surface area contributed by atoms with Gasteiger partial charge in [-0.1, -0.05) is 32.0 Å². The predicted octanol–water partition coefficient (Wildman–Crippen LogP) is 4.16. The van der Waals surface area contributed by atoms with E-state index in [-0.39, 0.29) is 17.3 Å². The summed E-state index contributed by atoms with van der Waals surface area (Å²) in [4.78, 5) is 1.80. The number of rotatable bonds is 6. The highest BCUT2D eigenvalue weighted by Gasteiger charge is 2.36. The quantitative estimate of drug-likeness (QED) is 0.732. The van der Waals surface area contributed by atoms with Crippen LogP contribution in [0, 0.1) is 5.92 Å². The first-order valence-corrected chi connectivity index (χ1v) is 6.80. The van der Waals surface area contributed by atoms with Crippen molar-refractivity contribution in [3.63, 3.8) is 0 Å². The van der Waals surface area contributed by atoms with Crippen LogP contribution >= 0.6 is 24.0 Å². The fourth-order valence-electron chi connectivity index (χ4n) is 2.48. The number of ether oxygens (including phenoxy) is 1. The highest BCUT2D eigenvalue weighted by atomic mass is 35.5. The minimum atomic E-state index is -0.378. The predicted molar refractivity (Wildman–Crippen MR) is 85.8 cm³/mol. The van der Waals surface area contributed by atoms with E-state index in [9.17, 15) is 0 Å². The summed E-state index contributed by atoms with van der Waals surface area (Å²) in [5.74, 6) is 1.22. The maximum absolute atomic E-state index is 6.92. The average Bonchev–Trinajstić information content (AvgIpc) is 2.36. The van der Waals surface area contributed by atoms with Gasteiger partial charge in [0, 0.05) is 12.1 Å². The van der Waals surface area contributed by atoms with Crippen molar-refractivity contribution in [2.75, 3.05) is 27.7 Å². The number of para-hydroxylation sites is 1. The van der Waals surface area contributed by atoms with Crippen LogP contribution in [-0.2, 0) is 4.87 Å². The van der Waals surface area contributed by atoms with Crippen LogP contribution in [0.15, 0.2) is 24.3 Å². The third-order valence-corrected chi connectivity index (χ3v) is 4.33. The Morgan fingerprint density at radius 3 is 2.37 bits per heavy atom. The molecule has 1 aromatic carbocycles. The normalized spacial score (nSPS) is 15.5. The molecule has 1 rings (SSSR count). The van der Waals surface area contributed by atoms with Gasteiger partial charge in [-0.15, -0.1) is 24.0 Å². The molecular weight excluding hydrogens is 281 g/mol. The van der Waals surface area contributed by atoms with Crippen molar-refractivity contribution >= 4 is 24.0 Å². The smallest absolute Gasteiger partial charge is 0.123 e. The molecule has 0 spiro atoms. The Hall–Kier alpha value is -0.440. The van der Waals surface area contributed by atoms with Crippen molar-refractivity contribution < 1.29 is 4.74 Å². The van der Waals surface area contributed by atoms with Gasteiger partial charge in [0.25, 0.3) is 0 Å². The van der Waals surface area contributed by atoms with E-state index < -0.39 is 0 Å². The molecule has 2 nitrogen and oxygen atoms in total. The minimum Gasteiger partial charge on any atom is -0.496 e. The van der Waals surface area contributed by atoms with E-state index in [1.165, 1.54) is 0 Å². The maximum atomic E-state index is 6.92. The second-order valence-electron chi connectivity index (χ2n) is 5.08. The summed E-state index contributed by atoms with van der Waals surface area (Å²) in [5.41, 5.74) is 1.09. The zero-order valence-electron chi connectivity index (χ0n) is 12.4. The summed E-state index contributed by atoms with van der Waals surface area (Å²) in [6.07, 6.45) is 0.879. The van der Waals surface area contributed by atoms with E-state index in [1.54, 1.807) is 7.11 Å². The fraction of sp³-hybridized carbons (Fsp3) is 0.600. The van der Waals surface area contributed by atoms with Gasteiger partial charge in [0.2, 0.25) is 0 Å². The van der Waals surface area contributed by atoms with Gasteiger partial charge in [-0.05, 0) is 32.5 Å². The van der Waals surface area contributed by atoms with E-state index in [0.717, 1.165) is 24.3 Å². The summed E-state index contributed by atoms with van der Waals surface area (Å²) in [6.45, 7) is 5.28. The monoisotopic (exact) mass is 305 g/mol. The summed E-state index contributed by atoms with van der Waals surface area (Å²) in [6, 6.07) is 8.05. The van der Waals surface area contributed by atoms with Crippen LogP contribution in [0.25, 0.3) is 0 Å². The number of benzene rings is 1. The molecule has 0 saturated heterocycles. The van der Waals surface area contributed by atoms with Crippen LogP contribution in [0.1, 0.15) is 25.8 Å². The lowest BCUT2D eigenvalue weighted by Gasteiger charge is -2.35. The van der Waals surface area contributed by atoms with Gasteiger partial charge in [0.15, 0.2) is 0 Å². The summed E-state index contributed by atoms with van der Waals surface area (Å²) in [7, 11) is 5.85. The van der Waals surface area contributed by atoms with E-state index in [0.29, 0.717) is 5.92 Å². The molecule has 0 unspecified atom stereocenters. The van der Waals surface area contributed by atoms with Gasteiger partial charge < -0.3 is 9.64 Å². The largest absolute Gasteiger partial charge is 0.496 e. The van der Waals surface area contributed by atoms with Crippen molar-refractivity contribution in [2.24, 2.45) is 5.92 Å². The van der Waals surface area contributed by atoms with Crippen LogP contribution < -0.4 is 4.74 Å². The van der Waals surface area contributed by atoms with Crippen LogP contribution in [0.2, 0.25) is 0 Å². The molecule has 0 radical (unpaired) electrons. The lowest BCUT2D eigenvalue weighted by molar-refractivity contribution is 0.273.